The minimum absolute atomic E-state index is 0.0402. The van der Waals surface area contributed by atoms with E-state index < -0.39 is 18.2 Å². The van der Waals surface area contributed by atoms with E-state index >= 15 is 0 Å². The Balaban J connectivity index is 1.82. The molecule has 1 heterocycles. The summed E-state index contributed by atoms with van der Waals surface area (Å²) < 4.78 is 42.3. The van der Waals surface area contributed by atoms with Crippen LogP contribution in [0.4, 0.5) is 18.9 Å². The predicted molar refractivity (Wildman–Crippen MR) is 140 cm³/mol. The van der Waals surface area contributed by atoms with Crippen LogP contribution in [-0.2, 0) is 0 Å². The molecule has 0 radical (unpaired) electrons. The third-order valence-corrected chi connectivity index (χ3v) is 5.77. The van der Waals surface area contributed by atoms with Crippen LogP contribution in [0, 0.1) is 0 Å². The van der Waals surface area contributed by atoms with Gasteiger partial charge in [0.2, 0.25) is 0 Å². The number of aromatic nitrogens is 1. The Hall–Kier alpha value is -3.99. The molecule has 2 aromatic carbocycles. The van der Waals surface area contributed by atoms with Crippen molar-refractivity contribution in [3.8, 4) is 28.1 Å². The summed E-state index contributed by atoms with van der Waals surface area (Å²) in [7, 11) is 3.87. The summed E-state index contributed by atoms with van der Waals surface area (Å²) in [4.78, 5) is 17.9. The lowest BCUT2D eigenvalue weighted by Gasteiger charge is -2.15. The number of nitrogens with zero attached hydrogens (tertiary/aromatic N) is 2. The minimum Gasteiger partial charge on any atom is -0.494 e. The third kappa shape index (κ3) is 7.50. The molecule has 0 saturated heterocycles. The molecule has 0 amide bonds. The first-order valence-electron chi connectivity index (χ1n) is 11.7. The molecule has 8 nitrogen and oxygen atoms in total. The number of alkyl halides is 3. The number of amidine groups is 1. The number of nitrogens with one attached hydrogen (secondary N) is 2. The lowest BCUT2D eigenvalue weighted by Crippen LogP contribution is -2.36. The molecule has 37 heavy (non-hydrogen) atoms. The van der Waals surface area contributed by atoms with Gasteiger partial charge in [-0.05, 0) is 72.9 Å². The van der Waals surface area contributed by atoms with Crippen LogP contribution in [0.3, 0.4) is 0 Å². The standard InChI is InChI=1S/C26H31F3N6O2/c1-35(2)19-10-6-17(7-11-19)21-16-22(32-25(36)23(21)24(33-30)34-31)18-8-12-20(13-9-18)37-15-5-3-4-14-26(27,28)29/h6-13,16H,3-5,14-15,30-31H2,1-2H3,(H,32,36)(H,33,34). The Morgan fingerprint density at radius 2 is 1.68 bits per heavy atom. The topological polar surface area (TPSA) is 122 Å². The fourth-order valence-corrected chi connectivity index (χ4v) is 3.82. The quantitative estimate of drug-likeness (QED) is 0.104. The number of rotatable bonds is 10. The van der Waals surface area contributed by atoms with E-state index in [9.17, 15) is 18.0 Å². The van der Waals surface area contributed by atoms with E-state index in [4.69, 9.17) is 16.4 Å². The van der Waals surface area contributed by atoms with E-state index in [0.29, 0.717) is 36.5 Å². The van der Waals surface area contributed by atoms with Crippen LogP contribution in [0.2, 0.25) is 0 Å². The summed E-state index contributed by atoms with van der Waals surface area (Å²) in [5.74, 6) is 11.7. The van der Waals surface area contributed by atoms with Gasteiger partial charge in [0.1, 0.15) is 5.75 Å². The van der Waals surface area contributed by atoms with Crippen LogP contribution in [0.5, 0.6) is 5.75 Å². The summed E-state index contributed by atoms with van der Waals surface area (Å²) in [6.07, 6.45) is -3.84. The van der Waals surface area contributed by atoms with E-state index in [1.165, 1.54) is 0 Å². The fourth-order valence-electron chi connectivity index (χ4n) is 3.82. The maximum atomic E-state index is 13.1. The lowest BCUT2D eigenvalue weighted by molar-refractivity contribution is -0.135. The number of hydrazine groups is 1. The minimum atomic E-state index is -4.12. The highest BCUT2D eigenvalue weighted by Gasteiger charge is 2.25. The van der Waals surface area contributed by atoms with E-state index in [1.54, 1.807) is 24.3 Å². The van der Waals surface area contributed by atoms with Gasteiger partial charge in [0.25, 0.3) is 5.56 Å². The molecule has 198 valence electrons. The summed E-state index contributed by atoms with van der Waals surface area (Å²) >= 11 is 0. The summed E-state index contributed by atoms with van der Waals surface area (Å²) in [5.41, 5.74) is 5.81. The molecule has 0 fully saturated rings. The van der Waals surface area contributed by atoms with Gasteiger partial charge in [0.05, 0.1) is 12.2 Å². The molecule has 0 atom stereocenters. The number of ether oxygens (including phenoxy) is 1. The molecule has 0 aliphatic carbocycles. The fraction of sp³-hybridized carbons (Fsp3) is 0.308. The first kappa shape index (κ1) is 27.6. The van der Waals surface area contributed by atoms with Crippen LogP contribution in [0.1, 0.15) is 31.2 Å². The summed E-state index contributed by atoms with van der Waals surface area (Å²) in [5, 5.41) is 3.62. The zero-order valence-electron chi connectivity index (χ0n) is 20.7. The first-order valence-corrected chi connectivity index (χ1v) is 11.7. The molecule has 0 spiro atoms. The Morgan fingerprint density at radius 3 is 2.24 bits per heavy atom. The van der Waals surface area contributed by atoms with Gasteiger partial charge in [-0.15, -0.1) is 0 Å². The molecule has 1 aromatic heterocycles. The summed E-state index contributed by atoms with van der Waals surface area (Å²) in [6.45, 7) is 0.323. The number of pyridine rings is 1. The van der Waals surface area contributed by atoms with E-state index in [-0.39, 0.29) is 17.8 Å². The van der Waals surface area contributed by atoms with Gasteiger partial charge in [-0.25, -0.2) is 5.84 Å². The molecular formula is C26H31F3N6O2. The van der Waals surface area contributed by atoms with Gasteiger partial charge in [-0.2, -0.15) is 18.3 Å². The number of halogens is 3. The molecule has 0 unspecified atom stereocenters. The lowest BCUT2D eigenvalue weighted by atomic mass is 9.97. The van der Waals surface area contributed by atoms with Gasteiger partial charge >= 0.3 is 6.18 Å². The molecule has 0 bridgehead atoms. The smallest absolute Gasteiger partial charge is 0.389 e. The Bertz CT molecular complexity index is 1250. The van der Waals surface area contributed by atoms with Gasteiger partial charge in [-0.3, -0.25) is 4.79 Å². The number of anilines is 1. The second-order valence-electron chi connectivity index (χ2n) is 8.66. The molecule has 3 aromatic rings. The Kier molecular flexibility index (Phi) is 9.18. The van der Waals surface area contributed by atoms with Gasteiger partial charge in [0, 0.05) is 37.5 Å². The Morgan fingerprint density at radius 1 is 1.03 bits per heavy atom. The van der Waals surface area contributed by atoms with Crippen LogP contribution in [0.15, 0.2) is 64.5 Å². The molecule has 0 aliphatic rings. The highest BCUT2D eigenvalue weighted by Crippen LogP contribution is 2.29. The van der Waals surface area contributed by atoms with Crippen molar-refractivity contribution in [2.45, 2.75) is 31.9 Å². The maximum absolute atomic E-state index is 13.1. The van der Waals surface area contributed by atoms with Crippen molar-refractivity contribution in [2.75, 3.05) is 25.6 Å². The van der Waals surface area contributed by atoms with Crippen LogP contribution in [-0.4, -0.2) is 37.7 Å². The van der Waals surface area contributed by atoms with Crippen molar-refractivity contribution < 1.29 is 17.9 Å². The Labute approximate surface area is 213 Å². The molecule has 0 saturated carbocycles. The zero-order valence-corrected chi connectivity index (χ0v) is 20.7. The number of unbranched alkanes of at least 4 members (excludes halogenated alkanes) is 2. The van der Waals surface area contributed by atoms with E-state index in [2.05, 4.69) is 15.5 Å². The zero-order chi connectivity index (χ0) is 27.0. The normalized spacial score (nSPS) is 11.9. The number of hydrogen-bond acceptors (Lipinski definition) is 6. The number of nitrogens with two attached hydrogens (primary N) is 2. The average molecular weight is 517 g/mol. The van der Waals surface area contributed by atoms with E-state index in [1.807, 2.05) is 49.3 Å². The molecule has 3 rings (SSSR count). The number of benzene rings is 2. The highest BCUT2D eigenvalue weighted by molar-refractivity contribution is 6.04. The van der Waals surface area contributed by atoms with Crippen molar-refractivity contribution in [1.82, 2.24) is 10.4 Å². The second kappa shape index (κ2) is 12.3. The third-order valence-electron chi connectivity index (χ3n) is 5.77. The van der Waals surface area contributed by atoms with Gasteiger partial charge < -0.3 is 25.9 Å². The number of H-pyrrole nitrogens is 1. The molecule has 11 heteroatoms. The number of aromatic amines is 1. The number of hydrogen-bond donors (Lipinski definition) is 4. The maximum Gasteiger partial charge on any atom is 0.389 e. The largest absolute Gasteiger partial charge is 0.494 e. The first-order chi connectivity index (χ1) is 17.6. The van der Waals surface area contributed by atoms with Gasteiger partial charge in [0.15, 0.2) is 5.84 Å². The van der Waals surface area contributed by atoms with Crippen molar-refractivity contribution in [2.24, 2.45) is 16.8 Å². The van der Waals surface area contributed by atoms with Crippen LogP contribution < -0.4 is 32.3 Å². The van der Waals surface area contributed by atoms with Crippen molar-refractivity contribution in [3.05, 3.63) is 70.5 Å². The van der Waals surface area contributed by atoms with Crippen molar-refractivity contribution in [3.63, 3.8) is 0 Å². The van der Waals surface area contributed by atoms with Crippen LogP contribution >= 0.6 is 0 Å². The monoisotopic (exact) mass is 516 g/mol. The van der Waals surface area contributed by atoms with Crippen molar-refractivity contribution >= 4 is 11.5 Å². The number of hydrazone groups is 1. The summed E-state index contributed by atoms with van der Waals surface area (Å²) in [6, 6.07) is 16.6. The highest BCUT2D eigenvalue weighted by atomic mass is 19.4. The molecule has 6 N–H and O–H groups in total. The average Bonchev–Trinajstić information content (AvgIpc) is 2.87. The van der Waals surface area contributed by atoms with Gasteiger partial charge in [-0.1, -0.05) is 12.1 Å². The van der Waals surface area contributed by atoms with E-state index in [0.717, 1.165) is 16.8 Å². The second-order valence-corrected chi connectivity index (χ2v) is 8.66. The predicted octanol–water partition coefficient (Wildman–Crippen LogP) is 4.36. The SMILES string of the molecule is CN(C)c1ccc(-c2cc(-c3ccc(OCCCCCC(F)(F)F)cc3)[nH]c(=O)c2/C(=N/N)NN)cc1. The molecular weight excluding hydrogens is 485 g/mol. The van der Waals surface area contributed by atoms with Crippen molar-refractivity contribution in [1.29, 1.82) is 0 Å². The molecule has 0 aliphatic heterocycles. The van der Waals surface area contributed by atoms with Crippen LogP contribution in [0.25, 0.3) is 22.4 Å².